The van der Waals surface area contributed by atoms with Crippen LogP contribution in [0.4, 0.5) is 10.8 Å². The van der Waals surface area contributed by atoms with Gasteiger partial charge in [-0.05, 0) is 60.5 Å². The molecule has 0 aliphatic carbocycles. The number of thioether (sulfide) groups is 1. The third-order valence-electron chi connectivity index (χ3n) is 6.83. The Morgan fingerprint density at radius 1 is 0.898 bits per heavy atom. The number of ether oxygens (including phenoxy) is 1. The lowest BCUT2D eigenvalue weighted by atomic mass is 10.1. The van der Waals surface area contributed by atoms with E-state index < -0.39 is 17.1 Å². The molecule has 1 aromatic heterocycles. The van der Waals surface area contributed by atoms with Gasteiger partial charge in [0.25, 0.3) is 11.8 Å². The van der Waals surface area contributed by atoms with E-state index in [4.69, 9.17) is 16.3 Å². The zero-order valence-electron chi connectivity index (χ0n) is 26.2. The van der Waals surface area contributed by atoms with Gasteiger partial charge >= 0.3 is 5.97 Å². The average Bonchev–Trinajstić information content (AvgIpc) is 3.54. The average molecular weight is 711 g/mol. The molecule has 3 N–H and O–H groups in total. The van der Waals surface area contributed by atoms with Crippen LogP contribution in [0.5, 0.6) is 0 Å². The minimum atomic E-state index is -0.676. The van der Waals surface area contributed by atoms with E-state index in [-0.39, 0.29) is 30.6 Å². The first kappa shape index (κ1) is 35.1. The number of hydrogen-bond donors (Lipinski definition) is 3. The predicted octanol–water partition coefficient (Wildman–Crippen LogP) is 7.78. The molecule has 3 amide bonds. The van der Waals surface area contributed by atoms with E-state index in [2.05, 4.69) is 20.9 Å². The summed E-state index contributed by atoms with van der Waals surface area (Å²) in [7, 11) is 0. The summed E-state index contributed by atoms with van der Waals surface area (Å²) in [4.78, 5) is 57.3. The van der Waals surface area contributed by atoms with Crippen molar-refractivity contribution in [2.45, 2.75) is 23.5 Å². The second-order valence-electron chi connectivity index (χ2n) is 10.4. The number of anilines is 2. The molecule has 1 atom stereocenters. The van der Waals surface area contributed by atoms with Crippen LogP contribution in [0, 0.1) is 0 Å². The lowest BCUT2D eigenvalue weighted by molar-refractivity contribution is -0.142. The van der Waals surface area contributed by atoms with E-state index in [1.807, 2.05) is 36.4 Å². The van der Waals surface area contributed by atoms with Gasteiger partial charge in [-0.25, -0.2) is 4.98 Å². The lowest BCUT2D eigenvalue weighted by Gasteiger charge is -2.17. The lowest BCUT2D eigenvalue weighted by Crippen LogP contribution is -2.30. The van der Waals surface area contributed by atoms with Gasteiger partial charge in [0.05, 0.1) is 18.7 Å². The van der Waals surface area contributed by atoms with Crippen LogP contribution in [0.15, 0.2) is 125 Å². The number of carbonyl (C=O) groups excluding carboxylic acids is 4. The van der Waals surface area contributed by atoms with Crippen LogP contribution in [0.25, 0.3) is 6.08 Å². The molecule has 0 bridgehead atoms. The Morgan fingerprint density at radius 3 is 2.35 bits per heavy atom. The van der Waals surface area contributed by atoms with Gasteiger partial charge in [0.1, 0.15) is 10.9 Å². The van der Waals surface area contributed by atoms with Gasteiger partial charge in [0.15, 0.2) is 5.13 Å². The van der Waals surface area contributed by atoms with Crippen molar-refractivity contribution in [1.82, 2.24) is 10.3 Å². The number of nitrogens with one attached hydrogen (secondary N) is 3. The highest BCUT2D eigenvalue weighted by molar-refractivity contribution is 8.00. The molecule has 9 nitrogen and oxygen atoms in total. The molecule has 5 rings (SSSR count). The number of rotatable bonds is 13. The maximum atomic E-state index is 13.6. The van der Waals surface area contributed by atoms with E-state index >= 15 is 0 Å². The van der Waals surface area contributed by atoms with Crippen LogP contribution in [0.3, 0.4) is 0 Å². The molecule has 12 heteroatoms. The molecule has 1 heterocycles. The van der Waals surface area contributed by atoms with E-state index in [1.165, 1.54) is 29.2 Å². The molecule has 49 heavy (non-hydrogen) atoms. The zero-order valence-corrected chi connectivity index (χ0v) is 28.6. The van der Waals surface area contributed by atoms with Crippen molar-refractivity contribution in [3.05, 3.63) is 148 Å². The van der Waals surface area contributed by atoms with Gasteiger partial charge < -0.3 is 20.7 Å². The second-order valence-corrected chi connectivity index (χ2v) is 12.8. The van der Waals surface area contributed by atoms with Gasteiger partial charge in [0, 0.05) is 26.5 Å². The number of thiazole rings is 1. The fourth-order valence-corrected chi connectivity index (χ4v) is 6.54. The number of esters is 1. The molecule has 0 spiro atoms. The highest BCUT2D eigenvalue weighted by Gasteiger charge is 2.24. The summed E-state index contributed by atoms with van der Waals surface area (Å²) in [6.07, 6.45) is 1.53. The van der Waals surface area contributed by atoms with Crippen LogP contribution in [-0.2, 0) is 25.5 Å². The number of halogens is 1. The molecule has 0 fully saturated rings. The number of benzene rings is 4. The van der Waals surface area contributed by atoms with E-state index in [0.717, 1.165) is 5.56 Å². The first-order chi connectivity index (χ1) is 23.8. The minimum absolute atomic E-state index is 0.00711. The number of hydrogen-bond acceptors (Lipinski definition) is 8. The van der Waals surface area contributed by atoms with Crippen molar-refractivity contribution in [2.24, 2.45) is 0 Å². The van der Waals surface area contributed by atoms with Gasteiger partial charge in [0.2, 0.25) is 5.91 Å². The number of carbonyl (C=O) groups is 4. The molecule has 0 radical (unpaired) electrons. The first-order valence-corrected chi connectivity index (χ1v) is 17.3. The number of nitrogens with zero attached hydrogens (tertiary/aromatic N) is 1. The van der Waals surface area contributed by atoms with E-state index in [1.54, 1.807) is 85.1 Å². The molecular formula is C37H31ClN4O5S2. The Labute approximate surface area is 296 Å². The molecular weight excluding hydrogens is 680 g/mol. The van der Waals surface area contributed by atoms with Crippen LogP contribution < -0.4 is 16.0 Å². The summed E-state index contributed by atoms with van der Waals surface area (Å²) in [5.41, 5.74) is 2.65. The van der Waals surface area contributed by atoms with Crippen molar-refractivity contribution in [3.63, 3.8) is 0 Å². The predicted molar refractivity (Wildman–Crippen MR) is 195 cm³/mol. The summed E-state index contributed by atoms with van der Waals surface area (Å²) < 4.78 is 4.99. The fourth-order valence-electron chi connectivity index (χ4n) is 4.55. The Morgan fingerprint density at radius 2 is 1.61 bits per heavy atom. The van der Waals surface area contributed by atoms with Gasteiger partial charge in [-0.1, -0.05) is 84.4 Å². The molecule has 0 saturated carbocycles. The third-order valence-corrected chi connectivity index (χ3v) is 9.23. The van der Waals surface area contributed by atoms with Crippen molar-refractivity contribution in [3.8, 4) is 0 Å². The van der Waals surface area contributed by atoms with E-state index in [0.29, 0.717) is 37.6 Å². The first-order valence-electron chi connectivity index (χ1n) is 15.2. The summed E-state index contributed by atoms with van der Waals surface area (Å²) >= 11 is 8.88. The SMILES string of the molecule is CCOC(=O)Cc1csc(NC(=O)C(Sc2cccc(NC(=O)/C(=C\c3ccccc3Cl)NC(=O)c3ccccc3)c2)c2ccccc2)n1. The molecule has 0 aliphatic heterocycles. The topological polar surface area (TPSA) is 126 Å². The Kier molecular flexibility index (Phi) is 12.4. The van der Waals surface area contributed by atoms with Crippen molar-refractivity contribution in [1.29, 1.82) is 0 Å². The summed E-state index contributed by atoms with van der Waals surface area (Å²) in [5, 5.41) is 10.3. The van der Waals surface area contributed by atoms with Crippen LogP contribution in [0.1, 0.15) is 39.4 Å². The van der Waals surface area contributed by atoms with Gasteiger partial charge in [-0.2, -0.15) is 0 Å². The summed E-state index contributed by atoms with van der Waals surface area (Å²) in [6, 6.07) is 31.9. The van der Waals surface area contributed by atoms with Gasteiger partial charge in [-0.15, -0.1) is 23.1 Å². The van der Waals surface area contributed by atoms with Gasteiger partial charge in [-0.3, -0.25) is 19.2 Å². The molecule has 248 valence electrons. The smallest absolute Gasteiger partial charge is 0.311 e. The van der Waals surface area contributed by atoms with Crippen molar-refractivity contribution < 1.29 is 23.9 Å². The van der Waals surface area contributed by atoms with Crippen LogP contribution in [0.2, 0.25) is 5.02 Å². The molecule has 1 unspecified atom stereocenters. The standard InChI is InChI=1S/C37H31ClN4O5S2/c1-2-47-32(43)22-28-23-48-37(40-28)42-36(46)33(24-12-5-3-6-13-24)49-29-18-11-17-27(21-29)39-35(45)31(20-26-16-9-10-19-30(26)38)41-34(44)25-14-7-4-8-15-25/h3-21,23,33H,2,22H2,1H3,(H,39,45)(H,41,44)(H,40,42,46)/b31-20+. The molecule has 0 saturated heterocycles. The molecule has 4 aromatic carbocycles. The summed E-state index contributed by atoms with van der Waals surface area (Å²) in [6.45, 7) is 2.01. The Hall–Kier alpha value is -5.23. The van der Waals surface area contributed by atoms with Crippen molar-refractivity contribution >= 4 is 75.3 Å². The summed E-state index contributed by atoms with van der Waals surface area (Å²) in [5.74, 6) is -1.72. The monoisotopic (exact) mass is 710 g/mol. The molecule has 0 aliphatic rings. The zero-order chi connectivity index (χ0) is 34.6. The minimum Gasteiger partial charge on any atom is -0.466 e. The third kappa shape index (κ3) is 10.1. The Bertz CT molecular complexity index is 1970. The highest BCUT2D eigenvalue weighted by Crippen LogP contribution is 2.37. The van der Waals surface area contributed by atoms with Crippen LogP contribution >= 0.6 is 34.7 Å². The quantitative estimate of drug-likeness (QED) is 0.0647. The van der Waals surface area contributed by atoms with Crippen LogP contribution in [-0.4, -0.2) is 35.3 Å². The van der Waals surface area contributed by atoms with Crippen molar-refractivity contribution in [2.75, 3.05) is 17.2 Å². The maximum Gasteiger partial charge on any atom is 0.311 e. The molecule has 5 aromatic rings. The Balaban J connectivity index is 1.34. The highest BCUT2D eigenvalue weighted by atomic mass is 35.5. The fraction of sp³-hybridized carbons (Fsp3) is 0.108. The number of aromatic nitrogens is 1. The largest absolute Gasteiger partial charge is 0.466 e. The number of amides is 3. The van der Waals surface area contributed by atoms with E-state index in [9.17, 15) is 19.2 Å². The maximum absolute atomic E-state index is 13.6. The normalized spacial score (nSPS) is 11.7. The second kappa shape index (κ2) is 17.3.